The summed E-state index contributed by atoms with van der Waals surface area (Å²) in [6, 6.07) is 13.4. The standard InChI is InChI=1S/C13H9B2N8/c14-10-8-22(21-17-10)15-16-11-6-7-12-18-19-13(23(12)20-11)9-4-2-1-3-5-9/h1-8H,(H,16,20). The van der Waals surface area contributed by atoms with E-state index in [1.807, 2.05) is 36.4 Å². The molecular weight excluding hydrogens is 290 g/mol. The quantitative estimate of drug-likeness (QED) is 0.519. The molecule has 4 rings (SSSR count). The molecule has 0 amide bonds. The van der Waals surface area contributed by atoms with Gasteiger partial charge in [0.25, 0.3) is 0 Å². The van der Waals surface area contributed by atoms with Crippen LogP contribution in [0.25, 0.3) is 17.0 Å². The van der Waals surface area contributed by atoms with Gasteiger partial charge in [0.1, 0.15) is 13.7 Å². The molecule has 3 radical (unpaired) electrons. The van der Waals surface area contributed by atoms with Gasteiger partial charge in [-0.1, -0.05) is 35.5 Å². The molecule has 0 saturated heterocycles. The Morgan fingerprint density at radius 2 is 1.87 bits per heavy atom. The summed E-state index contributed by atoms with van der Waals surface area (Å²) in [5.41, 5.74) is 1.95. The van der Waals surface area contributed by atoms with Gasteiger partial charge in [0.2, 0.25) is 0 Å². The Bertz CT molecular complexity index is 949. The molecule has 23 heavy (non-hydrogen) atoms. The molecule has 0 fully saturated rings. The maximum Gasteiger partial charge on any atom is 0.415 e. The van der Waals surface area contributed by atoms with Crippen molar-refractivity contribution >= 4 is 32.5 Å². The van der Waals surface area contributed by atoms with Gasteiger partial charge >= 0.3 is 7.55 Å². The van der Waals surface area contributed by atoms with Crippen molar-refractivity contribution in [2.24, 2.45) is 0 Å². The van der Waals surface area contributed by atoms with Crippen LogP contribution in [0.2, 0.25) is 0 Å². The van der Waals surface area contributed by atoms with Gasteiger partial charge in [-0.05, 0) is 12.1 Å². The second-order valence-electron chi connectivity index (χ2n) is 4.78. The zero-order valence-corrected chi connectivity index (χ0v) is 11.9. The lowest BCUT2D eigenvalue weighted by Crippen LogP contribution is -2.19. The number of hydrogen-bond donors (Lipinski definition) is 1. The van der Waals surface area contributed by atoms with E-state index < -0.39 is 0 Å². The van der Waals surface area contributed by atoms with Crippen LogP contribution < -0.4 is 10.8 Å². The number of rotatable bonds is 4. The normalized spacial score (nSPS) is 10.8. The first kappa shape index (κ1) is 13.5. The summed E-state index contributed by atoms with van der Waals surface area (Å²) in [7, 11) is 7.12. The van der Waals surface area contributed by atoms with Crippen LogP contribution in [-0.4, -0.2) is 50.1 Å². The van der Waals surface area contributed by atoms with Crippen molar-refractivity contribution in [3.8, 4) is 11.4 Å². The van der Waals surface area contributed by atoms with Crippen LogP contribution in [0.4, 0.5) is 5.82 Å². The third-order valence-corrected chi connectivity index (χ3v) is 3.17. The Balaban J connectivity index is 1.64. The van der Waals surface area contributed by atoms with E-state index >= 15 is 0 Å². The van der Waals surface area contributed by atoms with E-state index in [2.05, 4.69) is 30.8 Å². The minimum atomic E-state index is 0.344. The molecule has 1 N–H and O–H groups in total. The number of fused-ring (bicyclic) bond motifs is 1. The molecule has 3 aromatic heterocycles. The van der Waals surface area contributed by atoms with Crippen LogP contribution in [-0.2, 0) is 0 Å². The average molecular weight is 299 g/mol. The number of anilines is 1. The summed E-state index contributed by atoms with van der Waals surface area (Å²) in [4.78, 5) is 0. The van der Waals surface area contributed by atoms with Crippen LogP contribution >= 0.6 is 0 Å². The number of nitrogens with zero attached hydrogens (tertiary/aromatic N) is 7. The predicted octanol–water partition coefficient (Wildman–Crippen LogP) is -0.329. The van der Waals surface area contributed by atoms with Gasteiger partial charge < -0.3 is 5.23 Å². The Kier molecular flexibility index (Phi) is 3.26. The van der Waals surface area contributed by atoms with Crippen molar-refractivity contribution in [2.45, 2.75) is 0 Å². The second kappa shape index (κ2) is 5.56. The average Bonchev–Trinajstić information content (AvgIpc) is 3.19. The highest BCUT2D eigenvalue weighted by Crippen LogP contribution is 2.17. The first-order valence-electron chi connectivity index (χ1n) is 6.85. The maximum absolute atomic E-state index is 5.51. The van der Waals surface area contributed by atoms with E-state index in [0.29, 0.717) is 22.9 Å². The number of benzene rings is 1. The summed E-state index contributed by atoms with van der Waals surface area (Å²) in [6.45, 7) is 0. The molecular formula is C13H9B2N8. The van der Waals surface area contributed by atoms with Gasteiger partial charge in [-0.2, -0.15) is 4.52 Å². The van der Waals surface area contributed by atoms with Gasteiger partial charge in [-0.25, -0.2) is 0 Å². The second-order valence-corrected chi connectivity index (χ2v) is 4.78. The lowest BCUT2D eigenvalue weighted by Gasteiger charge is -2.04. The summed E-state index contributed by atoms with van der Waals surface area (Å²) >= 11 is 0. The van der Waals surface area contributed by atoms with Crippen molar-refractivity contribution < 1.29 is 0 Å². The largest absolute Gasteiger partial charge is 0.415 e. The molecule has 10 heteroatoms. The molecule has 0 saturated carbocycles. The third kappa shape index (κ3) is 2.66. The molecule has 0 spiro atoms. The first-order chi connectivity index (χ1) is 11.3. The zero-order chi connectivity index (χ0) is 15.6. The van der Waals surface area contributed by atoms with E-state index in [0.717, 1.165) is 5.56 Å². The summed E-state index contributed by atoms with van der Waals surface area (Å²) in [6.07, 6.45) is 1.58. The Morgan fingerprint density at radius 1 is 1.00 bits per heavy atom. The van der Waals surface area contributed by atoms with Gasteiger partial charge in [-0.15, -0.1) is 20.4 Å². The highest BCUT2D eigenvalue weighted by atomic mass is 15.4. The van der Waals surface area contributed by atoms with Crippen molar-refractivity contribution in [2.75, 3.05) is 5.23 Å². The molecule has 107 valence electrons. The Hall–Kier alpha value is -3.16. The van der Waals surface area contributed by atoms with Gasteiger partial charge in [0, 0.05) is 17.4 Å². The van der Waals surface area contributed by atoms with Gasteiger partial charge in [0.05, 0.1) is 0 Å². The molecule has 8 nitrogen and oxygen atoms in total. The van der Waals surface area contributed by atoms with Crippen LogP contribution in [0.1, 0.15) is 0 Å². The number of hydrogen-bond acceptors (Lipinski definition) is 6. The van der Waals surface area contributed by atoms with E-state index in [9.17, 15) is 0 Å². The third-order valence-electron chi connectivity index (χ3n) is 3.17. The minimum Gasteiger partial charge on any atom is -0.394 e. The van der Waals surface area contributed by atoms with Crippen molar-refractivity contribution in [3.05, 3.63) is 48.7 Å². The summed E-state index contributed by atoms with van der Waals surface area (Å²) < 4.78 is 3.15. The zero-order valence-electron chi connectivity index (χ0n) is 11.9. The lowest BCUT2D eigenvalue weighted by molar-refractivity contribution is 0.870. The topological polar surface area (TPSA) is 85.8 Å². The minimum absolute atomic E-state index is 0.344. The van der Waals surface area contributed by atoms with E-state index in [4.69, 9.17) is 7.85 Å². The number of nitrogens with one attached hydrogen (secondary N) is 1. The van der Waals surface area contributed by atoms with E-state index in [1.165, 1.54) is 4.59 Å². The Labute approximate surface area is 133 Å². The SMILES string of the molecule is [B]c1cn([B]Nc2ccc3nnc(-c4ccccc4)n3n2)nn1. The molecule has 0 bridgehead atoms. The van der Waals surface area contributed by atoms with E-state index in [-0.39, 0.29) is 0 Å². The molecule has 1 aromatic carbocycles. The van der Waals surface area contributed by atoms with Crippen LogP contribution in [0, 0.1) is 0 Å². The molecule has 0 unspecified atom stereocenters. The summed E-state index contributed by atoms with van der Waals surface area (Å²) in [5, 5.41) is 23.4. The molecule has 4 aromatic rings. The van der Waals surface area contributed by atoms with Gasteiger partial charge in [-0.3, -0.25) is 4.59 Å². The van der Waals surface area contributed by atoms with Crippen LogP contribution in [0.15, 0.2) is 48.7 Å². The number of aromatic nitrogens is 7. The monoisotopic (exact) mass is 299 g/mol. The van der Waals surface area contributed by atoms with Gasteiger partial charge in [0.15, 0.2) is 11.5 Å². The smallest absolute Gasteiger partial charge is 0.394 e. The van der Waals surface area contributed by atoms with Crippen molar-refractivity contribution in [1.29, 1.82) is 0 Å². The first-order valence-corrected chi connectivity index (χ1v) is 6.85. The predicted molar refractivity (Wildman–Crippen MR) is 86.4 cm³/mol. The fourth-order valence-electron chi connectivity index (χ4n) is 2.12. The van der Waals surface area contributed by atoms with Crippen LogP contribution in [0.3, 0.4) is 0 Å². The van der Waals surface area contributed by atoms with E-state index in [1.54, 1.807) is 24.3 Å². The summed E-state index contributed by atoms with van der Waals surface area (Å²) in [5.74, 6) is 1.29. The molecule has 0 aliphatic carbocycles. The maximum atomic E-state index is 5.51. The highest BCUT2D eigenvalue weighted by Gasteiger charge is 2.10. The molecule has 3 heterocycles. The molecule has 0 aliphatic rings. The lowest BCUT2D eigenvalue weighted by atomic mass is 10.1. The van der Waals surface area contributed by atoms with Crippen molar-refractivity contribution in [1.82, 2.24) is 34.7 Å². The molecule has 0 atom stereocenters. The molecule has 0 aliphatic heterocycles. The Morgan fingerprint density at radius 3 is 2.65 bits per heavy atom. The van der Waals surface area contributed by atoms with Crippen LogP contribution in [0.5, 0.6) is 0 Å². The highest BCUT2D eigenvalue weighted by molar-refractivity contribution is 6.38. The fourth-order valence-corrected chi connectivity index (χ4v) is 2.12. The fraction of sp³-hybridized carbons (Fsp3) is 0. The van der Waals surface area contributed by atoms with Crippen molar-refractivity contribution in [3.63, 3.8) is 0 Å².